The molecule has 1 fully saturated rings. The van der Waals surface area contributed by atoms with Crippen molar-refractivity contribution in [2.75, 3.05) is 20.6 Å². The van der Waals surface area contributed by atoms with E-state index in [0.717, 1.165) is 17.1 Å². The van der Waals surface area contributed by atoms with Crippen LogP contribution in [0, 0.1) is 0 Å². The topological polar surface area (TPSA) is 0 Å². The Hall–Kier alpha value is -0.300. The number of quaternary nitrogens is 1. The van der Waals surface area contributed by atoms with Crippen LogP contribution in [0.15, 0.2) is 12.7 Å². The standard InChI is InChI=1S/C11H22N/c1-4-10-12(2,3)11-8-6-5-7-9-11/h4,11H,1,5-10H2,2-3H3/q+1. The van der Waals surface area contributed by atoms with Crippen molar-refractivity contribution in [2.24, 2.45) is 0 Å². The number of hydrogen-bond acceptors (Lipinski definition) is 0. The predicted molar refractivity (Wildman–Crippen MR) is 54.0 cm³/mol. The molecule has 0 atom stereocenters. The number of rotatable bonds is 3. The highest BCUT2D eigenvalue weighted by Crippen LogP contribution is 2.25. The summed E-state index contributed by atoms with van der Waals surface area (Å²) in [6.45, 7) is 4.94. The first-order valence-electron chi connectivity index (χ1n) is 5.10. The highest BCUT2D eigenvalue weighted by atomic mass is 15.3. The molecule has 0 aromatic carbocycles. The van der Waals surface area contributed by atoms with Crippen LogP contribution in [-0.2, 0) is 0 Å². The normalized spacial score (nSPS) is 20.8. The molecule has 0 spiro atoms. The Balaban J connectivity index is 2.47. The van der Waals surface area contributed by atoms with Gasteiger partial charge in [0.2, 0.25) is 0 Å². The van der Waals surface area contributed by atoms with Crippen LogP contribution < -0.4 is 0 Å². The van der Waals surface area contributed by atoms with Gasteiger partial charge in [0.05, 0.1) is 26.7 Å². The van der Waals surface area contributed by atoms with Gasteiger partial charge in [-0.2, -0.15) is 0 Å². The number of likely N-dealkylation sites (N-methyl/N-ethyl adjacent to an activating group) is 1. The van der Waals surface area contributed by atoms with Crippen molar-refractivity contribution >= 4 is 0 Å². The molecule has 0 radical (unpaired) electrons. The van der Waals surface area contributed by atoms with Crippen LogP contribution in [-0.4, -0.2) is 31.2 Å². The fourth-order valence-electron chi connectivity index (χ4n) is 2.26. The van der Waals surface area contributed by atoms with Crippen LogP contribution in [0.3, 0.4) is 0 Å². The summed E-state index contributed by atoms with van der Waals surface area (Å²) in [5.41, 5.74) is 0. The predicted octanol–water partition coefficient (Wildman–Crippen LogP) is 2.58. The molecule has 1 nitrogen and oxygen atoms in total. The van der Waals surface area contributed by atoms with Crippen molar-refractivity contribution < 1.29 is 4.48 Å². The molecule has 1 aliphatic carbocycles. The third kappa shape index (κ3) is 2.34. The zero-order valence-corrected chi connectivity index (χ0v) is 8.55. The van der Waals surface area contributed by atoms with E-state index in [1.54, 1.807) is 0 Å². The second-order valence-electron chi connectivity index (χ2n) is 4.54. The summed E-state index contributed by atoms with van der Waals surface area (Å²) in [5.74, 6) is 0. The minimum Gasteiger partial charge on any atom is -0.323 e. The second kappa shape index (κ2) is 4.08. The lowest BCUT2D eigenvalue weighted by Gasteiger charge is -2.39. The van der Waals surface area contributed by atoms with Crippen LogP contribution in [0.1, 0.15) is 32.1 Å². The Morgan fingerprint density at radius 2 is 1.83 bits per heavy atom. The van der Waals surface area contributed by atoms with Crippen LogP contribution in [0.25, 0.3) is 0 Å². The zero-order chi connectivity index (χ0) is 9.03. The average Bonchev–Trinajstić information content (AvgIpc) is 2.06. The van der Waals surface area contributed by atoms with Crippen molar-refractivity contribution in [1.82, 2.24) is 0 Å². The quantitative estimate of drug-likeness (QED) is 0.449. The average molecular weight is 168 g/mol. The van der Waals surface area contributed by atoms with E-state index >= 15 is 0 Å². The summed E-state index contributed by atoms with van der Waals surface area (Å²) >= 11 is 0. The number of hydrogen-bond donors (Lipinski definition) is 0. The summed E-state index contributed by atoms with van der Waals surface area (Å²) in [5, 5.41) is 0. The van der Waals surface area contributed by atoms with Gasteiger partial charge in [-0.25, -0.2) is 0 Å². The molecule has 1 rings (SSSR count). The molecule has 0 saturated heterocycles. The summed E-state index contributed by atoms with van der Waals surface area (Å²) in [6, 6.07) is 0.886. The van der Waals surface area contributed by atoms with Crippen molar-refractivity contribution in [2.45, 2.75) is 38.1 Å². The van der Waals surface area contributed by atoms with Gasteiger partial charge in [0.15, 0.2) is 0 Å². The summed E-state index contributed by atoms with van der Waals surface area (Å²) < 4.78 is 1.14. The fraction of sp³-hybridized carbons (Fsp3) is 0.818. The van der Waals surface area contributed by atoms with Gasteiger partial charge >= 0.3 is 0 Å². The molecule has 0 heterocycles. The van der Waals surface area contributed by atoms with Gasteiger partial charge < -0.3 is 4.48 Å². The molecule has 70 valence electrons. The molecule has 0 N–H and O–H groups in total. The van der Waals surface area contributed by atoms with Crippen molar-refractivity contribution in [1.29, 1.82) is 0 Å². The lowest BCUT2D eigenvalue weighted by Crippen LogP contribution is -2.49. The molecule has 0 amide bonds. The van der Waals surface area contributed by atoms with Gasteiger partial charge in [-0.1, -0.05) is 13.0 Å². The van der Waals surface area contributed by atoms with E-state index in [1.807, 2.05) is 0 Å². The maximum Gasteiger partial charge on any atom is 0.0969 e. The van der Waals surface area contributed by atoms with Crippen molar-refractivity contribution in [3.63, 3.8) is 0 Å². The molecule has 1 heteroatoms. The third-order valence-electron chi connectivity index (χ3n) is 3.16. The molecule has 1 aliphatic rings. The number of nitrogens with zero attached hydrogens (tertiary/aromatic N) is 1. The Kier molecular flexibility index (Phi) is 3.33. The van der Waals surface area contributed by atoms with Gasteiger partial charge in [-0.3, -0.25) is 0 Å². The van der Waals surface area contributed by atoms with Crippen LogP contribution >= 0.6 is 0 Å². The largest absolute Gasteiger partial charge is 0.323 e. The van der Waals surface area contributed by atoms with E-state index < -0.39 is 0 Å². The van der Waals surface area contributed by atoms with Gasteiger partial charge in [0, 0.05) is 0 Å². The van der Waals surface area contributed by atoms with E-state index in [9.17, 15) is 0 Å². The molecular formula is C11H22N+. The minimum atomic E-state index is 0.886. The third-order valence-corrected chi connectivity index (χ3v) is 3.16. The Morgan fingerprint density at radius 1 is 1.25 bits per heavy atom. The van der Waals surface area contributed by atoms with Crippen molar-refractivity contribution in [3.8, 4) is 0 Å². The summed E-state index contributed by atoms with van der Waals surface area (Å²) in [6.07, 6.45) is 9.20. The molecule has 12 heavy (non-hydrogen) atoms. The molecular weight excluding hydrogens is 146 g/mol. The lowest BCUT2D eigenvalue weighted by atomic mass is 9.93. The van der Waals surface area contributed by atoms with Crippen molar-refractivity contribution in [3.05, 3.63) is 12.7 Å². The molecule has 0 aromatic rings. The zero-order valence-electron chi connectivity index (χ0n) is 8.55. The van der Waals surface area contributed by atoms with Crippen LogP contribution in [0.2, 0.25) is 0 Å². The molecule has 0 aliphatic heterocycles. The summed E-state index contributed by atoms with van der Waals surface area (Å²) in [7, 11) is 4.66. The molecule has 1 saturated carbocycles. The molecule has 0 unspecified atom stereocenters. The molecule has 0 aromatic heterocycles. The smallest absolute Gasteiger partial charge is 0.0969 e. The Labute approximate surface area is 76.7 Å². The summed E-state index contributed by atoms with van der Waals surface area (Å²) in [4.78, 5) is 0. The first kappa shape index (κ1) is 9.79. The van der Waals surface area contributed by atoms with Gasteiger partial charge in [-0.05, 0) is 31.8 Å². The van der Waals surface area contributed by atoms with Crippen LogP contribution in [0.4, 0.5) is 0 Å². The highest BCUT2D eigenvalue weighted by molar-refractivity contribution is 4.70. The second-order valence-corrected chi connectivity index (χ2v) is 4.54. The minimum absolute atomic E-state index is 0.886. The van der Waals surface area contributed by atoms with Gasteiger partial charge in [0.1, 0.15) is 0 Å². The maximum atomic E-state index is 3.83. The Morgan fingerprint density at radius 3 is 2.33 bits per heavy atom. The first-order valence-corrected chi connectivity index (χ1v) is 5.10. The monoisotopic (exact) mass is 168 g/mol. The SMILES string of the molecule is C=CC[N+](C)(C)C1CCCCC1. The van der Waals surface area contributed by atoms with Crippen LogP contribution in [0.5, 0.6) is 0 Å². The van der Waals surface area contributed by atoms with E-state index in [-0.39, 0.29) is 0 Å². The van der Waals surface area contributed by atoms with E-state index in [2.05, 4.69) is 26.8 Å². The van der Waals surface area contributed by atoms with Gasteiger partial charge in [0.25, 0.3) is 0 Å². The fourth-order valence-corrected chi connectivity index (χ4v) is 2.26. The highest BCUT2D eigenvalue weighted by Gasteiger charge is 2.28. The van der Waals surface area contributed by atoms with E-state index in [0.29, 0.717) is 0 Å². The maximum absolute atomic E-state index is 3.83. The van der Waals surface area contributed by atoms with Gasteiger partial charge in [-0.15, -0.1) is 0 Å². The first-order chi connectivity index (χ1) is 5.67. The van der Waals surface area contributed by atoms with E-state index in [4.69, 9.17) is 0 Å². The van der Waals surface area contributed by atoms with E-state index in [1.165, 1.54) is 32.1 Å². The Bertz CT molecular complexity index is 143. The lowest BCUT2D eigenvalue weighted by molar-refractivity contribution is -0.910. The molecule has 0 bridgehead atoms.